The summed E-state index contributed by atoms with van der Waals surface area (Å²) in [5.41, 5.74) is 7.69. The molecule has 5 nitrogen and oxygen atoms in total. The van der Waals surface area contributed by atoms with Crippen molar-refractivity contribution >= 4 is 22.5 Å². The Morgan fingerprint density at radius 2 is 2.10 bits per heavy atom. The topological polar surface area (TPSA) is 88.2 Å². The minimum Gasteiger partial charge on any atom is -0.399 e. The third-order valence-corrected chi connectivity index (χ3v) is 3.05. The number of nitrogens with zero attached hydrogens (tertiary/aromatic N) is 1. The first-order valence-electron chi connectivity index (χ1n) is 6.43. The molecule has 2 rings (SSSR count). The van der Waals surface area contributed by atoms with Crippen LogP contribution in [-0.4, -0.2) is 28.1 Å². The molecule has 20 heavy (non-hydrogen) atoms. The van der Waals surface area contributed by atoms with Crippen molar-refractivity contribution in [3.63, 3.8) is 0 Å². The van der Waals surface area contributed by atoms with Crippen molar-refractivity contribution < 1.29 is 9.90 Å². The van der Waals surface area contributed by atoms with Crippen molar-refractivity contribution in [3.8, 4) is 0 Å². The molecule has 1 heterocycles. The van der Waals surface area contributed by atoms with Gasteiger partial charge in [0.1, 0.15) is 0 Å². The number of nitrogens with two attached hydrogens (primary N) is 1. The zero-order chi connectivity index (χ0) is 14.9. The summed E-state index contributed by atoms with van der Waals surface area (Å²) in [6.45, 7) is 5.22. The van der Waals surface area contributed by atoms with E-state index in [0.717, 1.165) is 11.2 Å². The van der Waals surface area contributed by atoms with Crippen LogP contribution in [0.5, 0.6) is 0 Å². The van der Waals surface area contributed by atoms with Crippen molar-refractivity contribution in [1.82, 2.24) is 10.3 Å². The Bertz CT molecular complexity index is 665. The number of aliphatic hydroxyl groups excluding tert-OH is 1. The zero-order valence-corrected chi connectivity index (χ0v) is 11.9. The second-order valence-corrected chi connectivity index (χ2v) is 5.58. The third kappa shape index (κ3) is 2.88. The predicted molar refractivity (Wildman–Crippen MR) is 79.5 cm³/mol. The zero-order valence-electron chi connectivity index (χ0n) is 11.9. The van der Waals surface area contributed by atoms with E-state index >= 15 is 0 Å². The van der Waals surface area contributed by atoms with E-state index in [-0.39, 0.29) is 12.5 Å². The molecule has 1 aromatic heterocycles. The summed E-state index contributed by atoms with van der Waals surface area (Å²) < 4.78 is 0. The number of nitrogens with one attached hydrogen (secondary N) is 1. The number of aromatic nitrogens is 1. The summed E-state index contributed by atoms with van der Waals surface area (Å²) in [5, 5.41) is 12.8. The SMILES string of the molecule is Cc1cc(C(=O)NC(C)(C)CO)c2cc(N)ccc2n1. The summed E-state index contributed by atoms with van der Waals surface area (Å²) in [4.78, 5) is 16.8. The summed E-state index contributed by atoms with van der Waals surface area (Å²) in [6, 6.07) is 7.02. The van der Waals surface area contributed by atoms with Crippen LogP contribution in [0.3, 0.4) is 0 Å². The van der Waals surface area contributed by atoms with Gasteiger partial charge < -0.3 is 16.2 Å². The maximum absolute atomic E-state index is 12.4. The van der Waals surface area contributed by atoms with E-state index in [1.165, 1.54) is 0 Å². The minimum absolute atomic E-state index is 0.136. The molecule has 0 fully saturated rings. The van der Waals surface area contributed by atoms with Crippen LogP contribution in [0.25, 0.3) is 10.9 Å². The van der Waals surface area contributed by atoms with Crippen molar-refractivity contribution in [2.24, 2.45) is 0 Å². The number of benzene rings is 1. The molecule has 0 atom stereocenters. The quantitative estimate of drug-likeness (QED) is 0.742. The molecular weight excluding hydrogens is 254 g/mol. The van der Waals surface area contributed by atoms with Gasteiger partial charge in [-0.05, 0) is 45.0 Å². The van der Waals surface area contributed by atoms with Crippen molar-refractivity contribution in [2.75, 3.05) is 12.3 Å². The lowest BCUT2D eigenvalue weighted by Gasteiger charge is -2.24. The maximum Gasteiger partial charge on any atom is 0.252 e. The fourth-order valence-corrected chi connectivity index (χ4v) is 1.98. The second kappa shape index (κ2) is 5.09. The summed E-state index contributed by atoms with van der Waals surface area (Å²) in [5.74, 6) is -0.245. The molecule has 0 bridgehead atoms. The number of aryl methyl sites for hydroxylation is 1. The highest BCUT2D eigenvalue weighted by atomic mass is 16.3. The normalized spacial score (nSPS) is 11.6. The highest BCUT2D eigenvalue weighted by Gasteiger charge is 2.21. The Morgan fingerprint density at radius 3 is 2.75 bits per heavy atom. The number of carbonyl (C=O) groups is 1. The van der Waals surface area contributed by atoms with Gasteiger partial charge in [-0.3, -0.25) is 9.78 Å². The summed E-state index contributed by atoms with van der Waals surface area (Å²) >= 11 is 0. The standard InChI is InChI=1S/C15H19N3O2/c1-9-6-12(14(20)18-15(2,3)8-19)11-7-10(16)4-5-13(11)17-9/h4-7,19H,8,16H2,1-3H3,(H,18,20). The number of nitrogen functional groups attached to an aromatic ring is 1. The average Bonchev–Trinajstić information content (AvgIpc) is 2.38. The molecular formula is C15H19N3O2. The second-order valence-electron chi connectivity index (χ2n) is 5.58. The lowest BCUT2D eigenvalue weighted by atomic mass is 10.0. The number of aliphatic hydroxyl groups is 1. The van der Waals surface area contributed by atoms with Crippen LogP contribution in [0.2, 0.25) is 0 Å². The molecule has 0 spiro atoms. The molecule has 4 N–H and O–H groups in total. The number of carbonyl (C=O) groups excluding carboxylic acids is 1. The Labute approximate surface area is 117 Å². The van der Waals surface area contributed by atoms with Crippen LogP contribution in [0.15, 0.2) is 24.3 Å². The largest absolute Gasteiger partial charge is 0.399 e. The fraction of sp³-hybridized carbons (Fsp3) is 0.333. The minimum atomic E-state index is -0.680. The van der Waals surface area contributed by atoms with E-state index in [4.69, 9.17) is 5.73 Å². The van der Waals surface area contributed by atoms with Crippen LogP contribution in [0, 0.1) is 6.92 Å². The van der Waals surface area contributed by atoms with E-state index in [2.05, 4.69) is 10.3 Å². The maximum atomic E-state index is 12.4. The van der Waals surface area contributed by atoms with Gasteiger partial charge in [-0.2, -0.15) is 0 Å². The van der Waals surface area contributed by atoms with Crippen LogP contribution < -0.4 is 11.1 Å². The number of rotatable bonds is 3. The predicted octanol–water partition coefficient (Wildman–Crippen LogP) is 1.63. The molecule has 2 aromatic rings. The Morgan fingerprint density at radius 1 is 1.40 bits per heavy atom. The van der Waals surface area contributed by atoms with Crippen molar-refractivity contribution in [3.05, 3.63) is 35.5 Å². The number of anilines is 1. The van der Waals surface area contributed by atoms with Crippen molar-refractivity contribution in [2.45, 2.75) is 26.3 Å². The van der Waals surface area contributed by atoms with Gasteiger partial charge in [0.2, 0.25) is 0 Å². The molecule has 0 saturated heterocycles. The van der Waals surface area contributed by atoms with Gasteiger partial charge in [0.25, 0.3) is 5.91 Å². The lowest BCUT2D eigenvalue weighted by Crippen LogP contribution is -2.46. The number of fused-ring (bicyclic) bond motifs is 1. The van der Waals surface area contributed by atoms with E-state index in [0.29, 0.717) is 16.6 Å². The van der Waals surface area contributed by atoms with Gasteiger partial charge in [-0.1, -0.05) is 0 Å². The van der Waals surface area contributed by atoms with Gasteiger partial charge in [0.15, 0.2) is 0 Å². The monoisotopic (exact) mass is 273 g/mol. The van der Waals surface area contributed by atoms with Gasteiger partial charge in [-0.25, -0.2) is 0 Å². The van der Waals surface area contributed by atoms with Crippen LogP contribution in [0.4, 0.5) is 5.69 Å². The lowest BCUT2D eigenvalue weighted by molar-refractivity contribution is 0.0871. The molecule has 0 unspecified atom stereocenters. The van der Waals surface area contributed by atoms with Gasteiger partial charge in [0, 0.05) is 16.8 Å². The highest BCUT2D eigenvalue weighted by molar-refractivity contribution is 6.07. The highest BCUT2D eigenvalue weighted by Crippen LogP contribution is 2.21. The first kappa shape index (κ1) is 14.3. The molecule has 106 valence electrons. The molecule has 5 heteroatoms. The smallest absolute Gasteiger partial charge is 0.252 e. The average molecular weight is 273 g/mol. The fourth-order valence-electron chi connectivity index (χ4n) is 1.98. The third-order valence-electron chi connectivity index (χ3n) is 3.05. The molecule has 1 aromatic carbocycles. The molecule has 0 aliphatic carbocycles. The molecule has 0 aliphatic rings. The molecule has 0 saturated carbocycles. The van der Waals surface area contributed by atoms with Gasteiger partial charge >= 0.3 is 0 Å². The Balaban J connectivity index is 2.53. The van der Waals surface area contributed by atoms with E-state index in [1.54, 1.807) is 38.1 Å². The van der Waals surface area contributed by atoms with Crippen molar-refractivity contribution in [1.29, 1.82) is 0 Å². The van der Waals surface area contributed by atoms with E-state index < -0.39 is 5.54 Å². The Hall–Kier alpha value is -2.14. The van der Waals surface area contributed by atoms with E-state index in [9.17, 15) is 9.90 Å². The number of hydrogen-bond donors (Lipinski definition) is 3. The number of amides is 1. The summed E-state index contributed by atoms with van der Waals surface area (Å²) in [6.07, 6.45) is 0. The van der Waals surface area contributed by atoms with Gasteiger partial charge in [-0.15, -0.1) is 0 Å². The molecule has 0 radical (unpaired) electrons. The first-order chi connectivity index (χ1) is 9.32. The number of hydrogen-bond acceptors (Lipinski definition) is 4. The van der Waals surface area contributed by atoms with E-state index in [1.807, 2.05) is 6.92 Å². The van der Waals surface area contributed by atoms with Crippen LogP contribution in [-0.2, 0) is 0 Å². The first-order valence-corrected chi connectivity index (χ1v) is 6.43. The van der Waals surface area contributed by atoms with Crippen LogP contribution in [0.1, 0.15) is 29.9 Å². The number of pyridine rings is 1. The van der Waals surface area contributed by atoms with Gasteiger partial charge in [0.05, 0.1) is 23.2 Å². The molecule has 1 amide bonds. The Kier molecular flexibility index (Phi) is 3.63. The van der Waals surface area contributed by atoms with Crippen LogP contribution >= 0.6 is 0 Å². The molecule has 0 aliphatic heterocycles. The summed E-state index contributed by atoms with van der Waals surface area (Å²) in [7, 11) is 0.